The number of amides is 2. The van der Waals surface area contributed by atoms with Crippen LogP contribution < -0.4 is 10.6 Å². The van der Waals surface area contributed by atoms with E-state index >= 15 is 0 Å². The first-order valence-electron chi connectivity index (χ1n) is 8.83. The molecule has 25 heavy (non-hydrogen) atoms. The fraction of sp³-hybridized carbons (Fsp3) is 0.526. The Labute approximate surface area is 150 Å². The predicted octanol–water partition coefficient (Wildman–Crippen LogP) is 3.58. The smallest absolute Gasteiger partial charge is 0.315 e. The molecule has 0 aliphatic heterocycles. The Bertz CT molecular complexity index is 708. The molecular weight excluding hydrogens is 314 g/mol. The quantitative estimate of drug-likeness (QED) is 0.842. The standard InChI is InChI=1S/C19H29N5O/c1-7-15(17-13(4)23-24(6)14(17)5)21-19(25)22-18(12(2)3)16-10-8-9-11-20-16/h8-12,15,18H,7H2,1-6H3,(H2,21,22,25)/t15-,18-/m1/s1. The molecule has 0 spiro atoms. The number of urea groups is 1. The first kappa shape index (κ1) is 19.0. The maximum absolute atomic E-state index is 12.6. The zero-order valence-electron chi connectivity index (χ0n) is 16.0. The Morgan fingerprint density at radius 1 is 1.24 bits per heavy atom. The van der Waals surface area contributed by atoms with Crippen LogP contribution >= 0.6 is 0 Å². The van der Waals surface area contributed by atoms with Crippen molar-refractivity contribution in [1.82, 2.24) is 25.4 Å². The van der Waals surface area contributed by atoms with Gasteiger partial charge in [-0.05, 0) is 38.3 Å². The second kappa shape index (κ2) is 8.14. The van der Waals surface area contributed by atoms with E-state index in [9.17, 15) is 4.79 Å². The first-order chi connectivity index (χ1) is 11.8. The minimum absolute atomic E-state index is 0.0646. The molecule has 2 atom stereocenters. The van der Waals surface area contributed by atoms with Crippen molar-refractivity contribution in [3.05, 3.63) is 47.0 Å². The second-order valence-electron chi connectivity index (χ2n) is 6.76. The second-order valence-corrected chi connectivity index (χ2v) is 6.76. The molecule has 2 N–H and O–H groups in total. The summed E-state index contributed by atoms with van der Waals surface area (Å²) in [6.45, 7) is 10.2. The third-order valence-electron chi connectivity index (χ3n) is 4.59. The number of nitrogens with zero attached hydrogens (tertiary/aromatic N) is 3. The van der Waals surface area contributed by atoms with Gasteiger partial charge in [-0.1, -0.05) is 26.8 Å². The number of pyridine rings is 1. The van der Waals surface area contributed by atoms with Crippen LogP contribution in [0.4, 0.5) is 4.79 Å². The highest BCUT2D eigenvalue weighted by Crippen LogP contribution is 2.24. The summed E-state index contributed by atoms with van der Waals surface area (Å²) >= 11 is 0. The Morgan fingerprint density at radius 2 is 1.96 bits per heavy atom. The third kappa shape index (κ3) is 4.38. The van der Waals surface area contributed by atoms with E-state index in [-0.39, 0.29) is 24.0 Å². The van der Waals surface area contributed by atoms with Gasteiger partial charge in [-0.25, -0.2) is 4.79 Å². The summed E-state index contributed by atoms with van der Waals surface area (Å²) in [5, 5.41) is 10.6. The lowest BCUT2D eigenvalue weighted by molar-refractivity contribution is 0.228. The van der Waals surface area contributed by atoms with E-state index in [0.29, 0.717) is 0 Å². The van der Waals surface area contributed by atoms with Crippen molar-refractivity contribution in [2.24, 2.45) is 13.0 Å². The summed E-state index contributed by atoms with van der Waals surface area (Å²) in [4.78, 5) is 17.0. The number of nitrogens with one attached hydrogen (secondary N) is 2. The van der Waals surface area contributed by atoms with E-state index in [4.69, 9.17) is 0 Å². The maximum Gasteiger partial charge on any atom is 0.315 e. The molecule has 0 saturated heterocycles. The average Bonchev–Trinajstić information content (AvgIpc) is 2.83. The number of hydrogen-bond donors (Lipinski definition) is 2. The average molecular weight is 343 g/mol. The zero-order valence-corrected chi connectivity index (χ0v) is 16.0. The molecule has 0 saturated carbocycles. The highest BCUT2D eigenvalue weighted by Gasteiger charge is 2.23. The fourth-order valence-corrected chi connectivity index (χ4v) is 3.16. The number of carbonyl (C=O) groups is 1. The van der Waals surface area contributed by atoms with Gasteiger partial charge in [0.25, 0.3) is 0 Å². The van der Waals surface area contributed by atoms with E-state index in [1.54, 1.807) is 6.20 Å². The molecular formula is C19H29N5O. The van der Waals surface area contributed by atoms with Crippen LogP contribution in [-0.2, 0) is 7.05 Å². The van der Waals surface area contributed by atoms with Crippen molar-refractivity contribution in [3.63, 3.8) is 0 Å². The Hall–Kier alpha value is -2.37. The van der Waals surface area contributed by atoms with Crippen LogP contribution in [0.5, 0.6) is 0 Å². The Kier molecular flexibility index (Phi) is 6.17. The third-order valence-corrected chi connectivity index (χ3v) is 4.59. The molecule has 0 aliphatic rings. The fourth-order valence-electron chi connectivity index (χ4n) is 3.16. The summed E-state index contributed by atoms with van der Waals surface area (Å²) in [5.41, 5.74) is 4.00. The van der Waals surface area contributed by atoms with Crippen molar-refractivity contribution in [1.29, 1.82) is 0 Å². The maximum atomic E-state index is 12.6. The lowest BCUT2D eigenvalue weighted by atomic mass is 10.00. The number of hydrogen-bond acceptors (Lipinski definition) is 3. The van der Waals surface area contributed by atoms with Crippen LogP contribution in [0, 0.1) is 19.8 Å². The van der Waals surface area contributed by atoms with Crippen molar-refractivity contribution in [3.8, 4) is 0 Å². The number of rotatable bonds is 6. The monoisotopic (exact) mass is 343 g/mol. The molecule has 0 aromatic carbocycles. The number of carbonyl (C=O) groups excluding carboxylic acids is 1. The lowest BCUT2D eigenvalue weighted by Crippen LogP contribution is -2.41. The molecule has 0 radical (unpaired) electrons. The van der Waals surface area contributed by atoms with Gasteiger partial charge in [0.05, 0.1) is 23.5 Å². The number of aromatic nitrogens is 3. The molecule has 0 aliphatic carbocycles. The molecule has 6 nitrogen and oxygen atoms in total. The summed E-state index contributed by atoms with van der Waals surface area (Å²) in [5.74, 6) is 0.239. The van der Waals surface area contributed by atoms with Gasteiger partial charge in [-0.15, -0.1) is 0 Å². The zero-order chi connectivity index (χ0) is 18.6. The number of aryl methyl sites for hydroxylation is 2. The lowest BCUT2D eigenvalue weighted by Gasteiger charge is -2.24. The molecule has 2 amide bonds. The van der Waals surface area contributed by atoms with Gasteiger partial charge in [0.15, 0.2) is 0 Å². The van der Waals surface area contributed by atoms with E-state index < -0.39 is 0 Å². The van der Waals surface area contributed by atoms with Crippen molar-refractivity contribution < 1.29 is 4.79 Å². The van der Waals surface area contributed by atoms with Crippen molar-refractivity contribution >= 4 is 6.03 Å². The summed E-state index contributed by atoms with van der Waals surface area (Å²) in [6.07, 6.45) is 2.55. The molecule has 0 bridgehead atoms. The Balaban J connectivity index is 2.14. The van der Waals surface area contributed by atoms with E-state index in [0.717, 1.165) is 29.1 Å². The molecule has 2 rings (SSSR count). The molecule has 136 valence electrons. The van der Waals surface area contributed by atoms with E-state index in [1.807, 2.05) is 43.8 Å². The highest BCUT2D eigenvalue weighted by molar-refractivity contribution is 5.75. The predicted molar refractivity (Wildman–Crippen MR) is 99.2 cm³/mol. The molecule has 2 aromatic rings. The Morgan fingerprint density at radius 3 is 2.44 bits per heavy atom. The summed E-state index contributed by atoms with van der Waals surface area (Å²) in [7, 11) is 1.93. The topological polar surface area (TPSA) is 71.8 Å². The molecule has 0 fully saturated rings. The van der Waals surface area contributed by atoms with E-state index in [1.165, 1.54) is 0 Å². The van der Waals surface area contributed by atoms with Crippen LogP contribution in [-0.4, -0.2) is 20.8 Å². The largest absolute Gasteiger partial charge is 0.331 e. The minimum atomic E-state index is -0.182. The van der Waals surface area contributed by atoms with Gasteiger partial charge in [-0.2, -0.15) is 5.10 Å². The van der Waals surface area contributed by atoms with Crippen LogP contribution in [0.1, 0.15) is 61.9 Å². The van der Waals surface area contributed by atoms with Crippen LogP contribution in [0.2, 0.25) is 0 Å². The van der Waals surface area contributed by atoms with Crippen LogP contribution in [0.15, 0.2) is 24.4 Å². The minimum Gasteiger partial charge on any atom is -0.331 e. The van der Waals surface area contributed by atoms with Gasteiger partial charge in [0.1, 0.15) is 0 Å². The molecule has 2 aromatic heterocycles. The first-order valence-corrected chi connectivity index (χ1v) is 8.83. The normalized spacial score (nSPS) is 13.6. The molecule has 6 heteroatoms. The summed E-state index contributed by atoms with van der Waals surface area (Å²) < 4.78 is 1.86. The highest BCUT2D eigenvalue weighted by atomic mass is 16.2. The molecule has 2 heterocycles. The SMILES string of the molecule is CC[C@@H](NC(=O)N[C@@H](c1ccccn1)C(C)C)c1c(C)nn(C)c1C. The van der Waals surface area contributed by atoms with Gasteiger partial charge in [-0.3, -0.25) is 9.67 Å². The van der Waals surface area contributed by atoms with Crippen molar-refractivity contribution in [2.45, 2.75) is 53.1 Å². The van der Waals surface area contributed by atoms with E-state index in [2.05, 4.69) is 41.5 Å². The van der Waals surface area contributed by atoms with Gasteiger partial charge in [0, 0.05) is 24.5 Å². The van der Waals surface area contributed by atoms with Crippen LogP contribution in [0.25, 0.3) is 0 Å². The van der Waals surface area contributed by atoms with Crippen LogP contribution in [0.3, 0.4) is 0 Å². The van der Waals surface area contributed by atoms with Gasteiger partial charge < -0.3 is 10.6 Å². The molecule has 0 unspecified atom stereocenters. The van der Waals surface area contributed by atoms with Gasteiger partial charge in [0.2, 0.25) is 0 Å². The van der Waals surface area contributed by atoms with Crippen molar-refractivity contribution in [2.75, 3.05) is 0 Å². The summed E-state index contributed by atoms with van der Waals surface area (Å²) in [6, 6.07) is 5.38. The van der Waals surface area contributed by atoms with Gasteiger partial charge >= 0.3 is 6.03 Å².